The molecule has 2 aromatic carbocycles. The van der Waals surface area contributed by atoms with Crippen LogP contribution in [0.1, 0.15) is 34.5 Å². The number of amides is 1. The van der Waals surface area contributed by atoms with Gasteiger partial charge in [-0.2, -0.15) is 13.2 Å². The van der Waals surface area contributed by atoms with Crippen molar-refractivity contribution < 1.29 is 22.5 Å². The number of hydrogen-bond acceptors (Lipinski definition) is 5. The van der Waals surface area contributed by atoms with Crippen LogP contribution in [0.5, 0.6) is 0 Å². The van der Waals surface area contributed by atoms with E-state index in [2.05, 4.69) is 20.7 Å². The Labute approximate surface area is 183 Å². The van der Waals surface area contributed by atoms with Crippen LogP contribution in [-0.4, -0.2) is 30.2 Å². The van der Waals surface area contributed by atoms with Gasteiger partial charge in [-0.1, -0.05) is 17.3 Å². The van der Waals surface area contributed by atoms with Gasteiger partial charge in [0, 0.05) is 48.7 Å². The second-order valence-electron chi connectivity index (χ2n) is 7.72. The Balaban J connectivity index is 1.34. The van der Waals surface area contributed by atoms with Gasteiger partial charge in [0.05, 0.1) is 11.3 Å². The van der Waals surface area contributed by atoms with E-state index in [1.54, 1.807) is 12.3 Å². The topological polar surface area (TPSA) is 70.4 Å². The number of hydrogen-bond donors (Lipinski definition) is 2. The van der Waals surface area contributed by atoms with Crippen molar-refractivity contribution in [2.45, 2.75) is 31.6 Å². The highest BCUT2D eigenvalue weighted by Gasteiger charge is 2.31. The molecule has 1 fully saturated rings. The molecule has 0 spiro atoms. The Bertz CT molecular complexity index is 1050. The van der Waals surface area contributed by atoms with Gasteiger partial charge < -0.3 is 20.1 Å². The van der Waals surface area contributed by atoms with E-state index in [0.717, 1.165) is 49.4 Å². The fourth-order valence-electron chi connectivity index (χ4n) is 3.74. The minimum atomic E-state index is -4.49. The Morgan fingerprint density at radius 1 is 1.09 bits per heavy atom. The lowest BCUT2D eigenvalue weighted by atomic mass is 10.0. The molecule has 1 aromatic heterocycles. The normalized spacial score (nSPS) is 15.0. The molecule has 6 nitrogen and oxygen atoms in total. The molecule has 0 radical (unpaired) electrons. The number of piperidine rings is 1. The summed E-state index contributed by atoms with van der Waals surface area (Å²) >= 11 is 0. The molecule has 0 unspecified atom stereocenters. The van der Waals surface area contributed by atoms with Crippen molar-refractivity contribution in [1.82, 2.24) is 10.5 Å². The fourth-order valence-corrected chi connectivity index (χ4v) is 3.74. The van der Waals surface area contributed by atoms with Gasteiger partial charge in [0.15, 0.2) is 0 Å². The first-order valence-corrected chi connectivity index (χ1v) is 10.3. The van der Waals surface area contributed by atoms with Gasteiger partial charge in [-0.3, -0.25) is 4.79 Å². The van der Waals surface area contributed by atoms with Gasteiger partial charge in [-0.05, 0) is 49.2 Å². The molecule has 1 aliphatic heterocycles. The van der Waals surface area contributed by atoms with Gasteiger partial charge in [0.2, 0.25) is 0 Å². The first-order valence-electron chi connectivity index (χ1n) is 10.3. The van der Waals surface area contributed by atoms with Crippen molar-refractivity contribution in [2.24, 2.45) is 0 Å². The smallest absolute Gasteiger partial charge is 0.371 e. The molecular formula is C23H23F3N4O2. The first kappa shape index (κ1) is 21.9. The number of rotatable bonds is 6. The lowest BCUT2D eigenvalue weighted by molar-refractivity contribution is -0.137. The van der Waals surface area contributed by atoms with E-state index >= 15 is 0 Å². The molecule has 2 N–H and O–H groups in total. The van der Waals surface area contributed by atoms with Gasteiger partial charge in [0.1, 0.15) is 6.26 Å². The van der Waals surface area contributed by atoms with Crippen molar-refractivity contribution in [3.63, 3.8) is 0 Å². The van der Waals surface area contributed by atoms with Crippen molar-refractivity contribution in [3.05, 3.63) is 77.7 Å². The summed E-state index contributed by atoms with van der Waals surface area (Å²) in [5, 5.41) is 10.1. The van der Waals surface area contributed by atoms with E-state index in [1.165, 1.54) is 12.1 Å². The minimum absolute atomic E-state index is 0.0378. The molecule has 0 atom stereocenters. The highest BCUT2D eigenvalue weighted by molar-refractivity contribution is 6.04. The van der Waals surface area contributed by atoms with Crippen molar-refractivity contribution >= 4 is 17.3 Å². The molecule has 0 bridgehead atoms. The number of carbonyl (C=O) groups excluding carboxylic acids is 1. The number of alkyl halides is 3. The maximum Gasteiger partial charge on any atom is 0.416 e. The third kappa shape index (κ3) is 5.47. The molecule has 32 heavy (non-hydrogen) atoms. The predicted octanol–water partition coefficient (Wildman–Crippen LogP) is 4.70. The van der Waals surface area contributed by atoms with Crippen LogP contribution < -0.4 is 15.5 Å². The highest BCUT2D eigenvalue weighted by atomic mass is 19.4. The fraction of sp³-hybridized carbons (Fsp3) is 0.304. The van der Waals surface area contributed by atoms with E-state index in [4.69, 9.17) is 4.52 Å². The molecule has 1 aliphatic rings. The Hall–Kier alpha value is -3.33. The zero-order valence-electron chi connectivity index (χ0n) is 17.2. The third-order valence-electron chi connectivity index (χ3n) is 5.48. The predicted molar refractivity (Wildman–Crippen MR) is 114 cm³/mol. The van der Waals surface area contributed by atoms with Gasteiger partial charge in [0.25, 0.3) is 5.91 Å². The summed E-state index contributed by atoms with van der Waals surface area (Å²) in [5.41, 5.74) is 1.48. The lowest BCUT2D eigenvalue weighted by Gasteiger charge is -2.34. The van der Waals surface area contributed by atoms with E-state index in [1.807, 2.05) is 24.3 Å². The third-order valence-corrected chi connectivity index (χ3v) is 5.48. The summed E-state index contributed by atoms with van der Waals surface area (Å²) in [4.78, 5) is 14.7. The van der Waals surface area contributed by atoms with Crippen LogP contribution in [0.4, 0.5) is 24.5 Å². The molecule has 0 aliphatic carbocycles. The number of carbonyl (C=O) groups is 1. The highest BCUT2D eigenvalue weighted by Crippen LogP contribution is 2.30. The Kier molecular flexibility index (Phi) is 6.45. The largest absolute Gasteiger partial charge is 0.416 e. The van der Waals surface area contributed by atoms with Crippen LogP contribution in [0.3, 0.4) is 0 Å². The second-order valence-corrected chi connectivity index (χ2v) is 7.72. The number of aromatic nitrogens is 1. The Morgan fingerprint density at radius 3 is 2.59 bits per heavy atom. The van der Waals surface area contributed by atoms with E-state index in [-0.39, 0.29) is 5.56 Å². The minimum Gasteiger partial charge on any atom is -0.371 e. The molecule has 0 saturated carbocycles. The van der Waals surface area contributed by atoms with Crippen molar-refractivity contribution in [2.75, 3.05) is 23.3 Å². The Morgan fingerprint density at radius 2 is 1.88 bits per heavy atom. The zero-order valence-corrected chi connectivity index (χ0v) is 17.2. The summed E-state index contributed by atoms with van der Waals surface area (Å²) in [6.07, 6.45) is -1.03. The lowest BCUT2D eigenvalue weighted by Crippen LogP contribution is -2.42. The van der Waals surface area contributed by atoms with Crippen molar-refractivity contribution in [3.8, 4) is 0 Å². The van der Waals surface area contributed by atoms with Gasteiger partial charge in [-0.15, -0.1) is 0 Å². The quantitative estimate of drug-likeness (QED) is 0.577. The van der Waals surface area contributed by atoms with Crippen LogP contribution >= 0.6 is 0 Å². The average molecular weight is 444 g/mol. The molecule has 2 heterocycles. The number of benzene rings is 2. The molecule has 1 saturated heterocycles. The molecule has 4 rings (SSSR count). The zero-order chi connectivity index (χ0) is 22.6. The van der Waals surface area contributed by atoms with E-state index in [0.29, 0.717) is 18.3 Å². The van der Waals surface area contributed by atoms with E-state index in [9.17, 15) is 18.0 Å². The maximum absolute atomic E-state index is 12.9. The number of nitrogens with one attached hydrogen (secondary N) is 2. The molecule has 9 heteroatoms. The van der Waals surface area contributed by atoms with Crippen LogP contribution in [0.2, 0.25) is 0 Å². The van der Waals surface area contributed by atoms with Crippen LogP contribution in [0.25, 0.3) is 0 Å². The van der Waals surface area contributed by atoms with Gasteiger partial charge >= 0.3 is 6.18 Å². The van der Waals surface area contributed by atoms with E-state index < -0.39 is 17.6 Å². The van der Waals surface area contributed by atoms with Crippen LogP contribution in [-0.2, 0) is 12.7 Å². The molecule has 3 aromatic rings. The maximum atomic E-state index is 12.9. The number of anilines is 2. The number of halogens is 3. The summed E-state index contributed by atoms with van der Waals surface area (Å²) in [6.45, 7) is 2.36. The number of nitrogens with zero attached hydrogens (tertiary/aromatic N) is 2. The molecular weight excluding hydrogens is 421 g/mol. The summed E-state index contributed by atoms with van der Waals surface area (Å²) < 4.78 is 43.6. The van der Waals surface area contributed by atoms with Gasteiger partial charge in [-0.25, -0.2) is 0 Å². The summed E-state index contributed by atoms with van der Waals surface area (Å²) in [5.74, 6) is -0.580. The van der Waals surface area contributed by atoms with Crippen LogP contribution in [0.15, 0.2) is 65.4 Å². The molecule has 1 amide bonds. The standard InChI is InChI=1S/C23H23F3N4O2/c24-23(25,26)17-4-1-3-16(13-17)22(31)28-19-5-2-6-21(14-19)30-10-7-18(8-11-30)27-15-20-9-12-32-29-20/h1-6,9,12-14,18,27H,7-8,10-11,15H2,(H,28,31). The summed E-state index contributed by atoms with van der Waals surface area (Å²) in [6, 6.07) is 14.0. The monoisotopic (exact) mass is 444 g/mol. The van der Waals surface area contributed by atoms with Crippen molar-refractivity contribution in [1.29, 1.82) is 0 Å². The molecule has 168 valence electrons. The SMILES string of the molecule is O=C(Nc1cccc(N2CCC(NCc3ccon3)CC2)c1)c1cccc(C(F)(F)F)c1. The summed E-state index contributed by atoms with van der Waals surface area (Å²) in [7, 11) is 0. The average Bonchev–Trinajstić information content (AvgIpc) is 3.31. The second kappa shape index (κ2) is 9.44. The first-order chi connectivity index (χ1) is 15.4. The van der Waals surface area contributed by atoms with Crippen LogP contribution in [0, 0.1) is 0 Å².